The van der Waals surface area contributed by atoms with E-state index in [1.807, 2.05) is 20.8 Å². The fourth-order valence-corrected chi connectivity index (χ4v) is 5.43. The molecular weight excluding hydrogens is 284 g/mol. The summed E-state index contributed by atoms with van der Waals surface area (Å²) in [6, 6.07) is 1.58. The predicted molar refractivity (Wildman–Crippen MR) is 75.7 cm³/mol. The van der Waals surface area contributed by atoms with E-state index in [0.29, 0.717) is 23.9 Å². The number of hydrogen-bond acceptors (Lipinski definition) is 5. The lowest BCUT2D eigenvalue weighted by atomic mass is 10.2. The summed E-state index contributed by atoms with van der Waals surface area (Å²) >= 11 is 1.27. The van der Waals surface area contributed by atoms with Crippen LogP contribution in [0.15, 0.2) is 10.3 Å². The van der Waals surface area contributed by atoms with Crippen molar-refractivity contribution < 1.29 is 13.2 Å². The highest BCUT2D eigenvalue weighted by molar-refractivity contribution is 7.91. The van der Waals surface area contributed by atoms with Crippen LogP contribution in [0.2, 0.25) is 0 Å². The molecule has 1 aromatic rings. The maximum atomic E-state index is 12.7. The SMILES string of the molecule is Cc1cc(S(=O)(=O)N2CC(C)OCC2C)sc1CN. The Morgan fingerprint density at radius 3 is 2.79 bits per heavy atom. The monoisotopic (exact) mass is 304 g/mol. The number of hydrogen-bond donors (Lipinski definition) is 1. The van der Waals surface area contributed by atoms with Gasteiger partial charge in [0.1, 0.15) is 4.21 Å². The van der Waals surface area contributed by atoms with Gasteiger partial charge in [0.05, 0.1) is 12.7 Å². The number of ether oxygens (including phenoxy) is 1. The van der Waals surface area contributed by atoms with Crippen molar-refractivity contribution >= 4 is 21.4 Å². The van der Waals surface area contributed by atoms with Crippen molar-refractivity contribution in [3.8, 4) is 0 Å². The van der Waals surface area contributed by atoms with E-state index < -0.39 is 10.0 Å². The lowest BCUT2D eigenvalue weighted by molar-refractivity contribution is -0.0170. The van der Waals surface area contributed by atoms with Crippen LogP contribution in [0.5, 0.6) is 0 Å². The fourth-order valence-electron chi connectivity index (χ4n) is 2.14. The summed E-state index contributed by atoms with van der Waals surface area (Å²) in [4.78, 5) is 0.924. The first kappa shape index (κ1) is 14.9. The van der Waals surface area contributed by atoms with Gasteiger partial charge in [0.15, 0.2) is 0 Å². The Bertz CT molecular complexity index is 553. The largest absolute Gasteiger partial charge is 0.375 e. The number of thiophene rings is 1. The minimum Gasteiger partial charge on any atom is -0.375 e. The number of aryl methyl sites for hydroxylation is 1. The van der Waals surface area contributed by atoms with E-state index in [-0.39, 0.29) is 12.1 Å². The number of nitrogens with two attached hydrogens (primary N) is 1. The highest BCUT2D eigenvalue weighted by Crippen LogP contribution is 2.30. The Hall–Kier alpha value is -0.470. The highest BCUT2D eigenvalue weighted by atomic mass is 32.2. The molecule has 0 radical (unpaired) electrons. The van der Waals surface area contributed by atoms with Crippen molar-refractivity contribution in [3.05, 3.63) is 16.5 Å². The number of nitrogens with zero attached hydrogens (tertiary/aromatic N) is 1. The zero-order valence-electron chi connectivity index (χ0n) is 11.4. The maximum Gasteiger partial charge on any atom is 0.252 e. The van der Waals surface area contributed by atoms with Crippen molar-refractivity contribution in [2.45, 2.75) is 43.7 Å². The van der Waals surface area contributed by atoms with E-state index in [1.54, 1.807) is 6.07 Å². The van der Waals surface area contributed by atoms with E-state index in [2.05, 4.69) is 0 Å². The van der Waals surface area contributed by atoms with Crippen molar-refractivity contribution in [1.29, 1.82) is 0 Å². The molecule has 1 saturated heterocycles. The lowest BCUT2D eigenvalue weighted by Gasteiger charge is -2.35. The second-order valence-corrected chi connectivity index (χ2v) is 8.20. The first-order chi connectivity index (χ1) is 8.86. The topological polar surface area (TPSA) is 72.6 Å². The van der Waals surface area contributed by atoms with Crippen molar-refractivity contribution in [2.75, 3.05) is 13.2 Å². The fraction of sp³-hybridized carbons (Fsp3) is 0.667. The van der Waals surface area contributed by atoms with E-state index in [9.17, 15) is 8.42 Å². The summed E-state index contributed by atoms with van der Waals surface area (Å²) in [5.41, 5.74) is 6.56. The third-order valence-corrected chi connectivity index (χ3v) is 6.99. The molecule has 1 aliphatic heterocycles. The van der Waals surface area contributed by atoms with Crippen LogP contribution < -0.4 is 5.73 Å². The van der Waals surface area contributed by atoms with Crippen LogP contribution in [0.3, 0.4) is 0 Å². The normalized spacial score (nSPS) is 25.7. The average Bonchev–Trinajstić information content (AvgIpc) is 2.74. The Balaban J connectivity index is 2.35. The standard InChI is InChI=1S/C12H20N2O3S2/c1-8-4-12(18-11(8)5-13)19(15,16)14-6-10(3)17-7-9(14)2/h4,9-10H,5-7,13H2,1-3H3. The summed E-state index contributed by atoms with van der Waals surface area (Å²) in [7, 11) is -3.44. The van der Waals surface area contributed by atoms with Gasteiger partial charge in [-0.1, -0.05) is 0 Å². The number of morpholine rings is 1. The molecule has 2 unspecified atom stereocenters. The third kappa shape index (κ3) is 2.85. The molecular formula is C12H20N2O3S2. The molecule has 108 valence electrons. The third-order valence-electron chi connectivity index (χ3n) is 3.30. The average molecular weight is 304 g/mol. The van der Waals surface area contributed by atoms with E-state index in [4.69, 9.17) is 10.5 Å². The minimum absolute atomic E-state index is 0.0685. The summed E-state index contributed by atoms with van der Waals surface area (Å²) < 4.78 is 32.7. The molecule has 1 aromatic heterocycles. The number of sulfonamides is 1. The van der Waals surface area contributed by atoms with Crippen LogP contribution in [0.1, 0.15) is 24.3 Å². The van der Waals surface area contributed by atoms with Gasteiger partial charge in [0.2, 0.25) is 0 Å². The Labute approximate surface area is 118 Å². The first-order valence-electron chi connectivity index (χ1n) is 6.29. The van der Waals surface area contributed by atoms with Gasteiger partial charge >= 0.3 is 0 Å². The highest BCUT2D eigenvalue weighted by Gasteiger charge is 2.35. The quantitative estimate of drug-likeness (QED) is 0.914. The molecule has 1 fully saturated rings. The first-order valence-corrected chi connectivity index (χ1v) is 8.54. The Morgan fingerprint density at radius 1 is 1.53 bits per heavy atom. The second-order valence-electron chi connectivity index (χ2n) is 4.94. The van der Waals surface area contributed by atoms with Crippen LogP contribution in [0, 0.1) is 6.92 Å². The van der Waals surface area contributed by atoms with Crippen molar-refractivity contribution in [2.24, 2.45) is 5.73 Å². The van der Waals surface area contributed by atoms with E-state index in [0.717, 1.165) is 10.4 Å². The minimum atomic E-state index is -3.44. The zero-order valence-corrected chi connectivity index (χ0v) is 13.1. The lowest BCUT2D eigenvalue weighted by Crippen LogP contribution is -2.49. The maximum absolute atomic E-state index is 12.7. The van der Waals surface area contributed by atoms with Gasteiger partial charge in [0.25, 0.3) is 10.0 Å². The molecule has 0 amide bonds. The summed E-state index contributed by atoms with van der Waals surface area (Å²) in [5.74, 6) is 0. The van der Waals surface area contributed by atoms with Gasteiger partial charge in [-0.3, -0.25) is 0 Å². The van der Waals surface area contributed by atoms with E-state index in [1.165, 1.54) is 15.6 Å². The van der Waals surface area contributed by atoms with Crippen molar-refractivity contribution in [3.63, 3.8) is 0 Å². The summed E-state index contributed by atoms with van der Waals surface area (Å²) in [6.07, 6.45) is -0.0685. The smallest absolute Gasteiger partial charge is 0.252 e. The molecule has 2 rings (SSSR count). The Morgan fingerprint density at radius 2 is 2.21 bits per heavy atom. The van der Waals surface area contributed by atoms with Gasteiger partial charge in [-0.2, -0.15) is 4.31 Å². The summed E-state index contributed by atoms with van der Waals surface area (Å²) in [5, 5.41) is 0. The van der Waals surface area contributed by atoms with E-state index >= 15 is 0 Å². The molecule has 0 aromatic carbocycles. The van der Waals surface area contributed by atoms with Gasteiger partial charge in [-0.05, 0) is 32.4 Å². The Kier molecular flexibility index (Phi) is 4.32. The van der Waals surface area contributed by atoms with Gasteiger partial charge in [-0.25, -0.2) is 8.42 Å². The molecule has 2 N–H and O–H groups in total. The van der Waals surface area contributed by atoms with Gasteiger partial charge < -0.3 is 10.5 Å². The molecule has 0 bridgehead atoms. The molecule has 2 heterocycles. The molecule has 2 atom stereocenters. The van der Waals surface area contributed by atoms with Crippen LogP contribution >= 0.6 is 11.3 Å². The molecule has 1 aliphatic rings. The van der Waals surface area contributed by atoms with Crippen LogP contribution in [0.4, 0.5) is 0 Å². The molecule has 5 nitrogen and oxygen atoms in total. The molecule has 0 aliphatic carbocycles. The van der Waals surface area contributed by atoms with Crippen molar-refractivity contribution in [1.82, 2.24) is 4.31 Å². The van der Waals surface area contributed by atoms with Crippen LogP contribution in [-0.4, -0.2) is 38.0 Å². The van der Waals surface area contributed by atoms with Crippen LogP contribution in [0.25, 0.3) is 0 Å². The van der Waals surface area contributed by atoms with Gasteiger partial charge in [0, 0.05) is 24.0 Å². The molecule has 7 heteroatoms. The van der Waals surface area contributed by atoms with Crippen LogP contribution in [-0.2, 0) is 21.3 Å². The second kappa shape index (κ2) is 5.49. The van der Waals surface area contributed by atoms with Gasteiger partial charge in [-0.15, -0.1) is 11.3 Å². The molecule has 0 saturated carbocycles. The number of rotatable bonds is 3. The summed E-state index contributed by atoms with van der Waals surface area (Å²) in [6.45, 7) is 6.87. The molecule has 19 heavy (non-hydrogen) atoms. The molecule has 0 spiro atoms. The predicted octanol–water partition coefficient (Wildman–Crippen LogP) is 1.31. The zero-order chi connectivity index (χ0) is 14.2.